The fourth-order valence-corrected chi connectivity index (χ4v) is 2.08. The Labute approximate surface area is 134 Å². The maximum Gasteiger partial charge on any atom is 0.277 e. The second-order valence-corrected chi connectivity index (χ2v) is 5.03. The van der Waals surface area contributed by atoms with Gasteiger partial charge in [0, 0.05) is 17.7 Å². The van der Waals surface area contributed by atoms with Crippen LogP contribution in [0.4, 0.5) is 11.4 Å². The Balaban J connectivity index is 2.04. The van der Waals surface area contributed by atoms with Gasteiger partial charge in [-0.3, -0.25) is 20.2 Å². The molecule has 24 heavy (non-hydrogen) atoms. The fraction of sp³-hybridized carbons (Fsp3) is 0.0667. The van der Waals surface area contributed by atoms with Crippen LogP contribution < -0.4 is 0 Å². The molecule has 120 valence electrons. The van der Waals surface area contributed by atoms with E-state index in [1.54, 1.807) is 12.1 Å². The lowest BCUT2D eigenvalue weighted by molar-refractivity contribution is -0.394. The number of rotatable bonds is 4. The molecular weight excluding hydrogens is 316 g/mol. The zero-order valence-corrected chi connectivity index (χ0v) is 12.4. The number of nitro benzene ring substituents is 2. The highest BCUT2D eigenvalue weighted by atomic mass is 16.6. The predicted octanol–water partition coefficient (Wildman–Crippen LogP) is 3.53. The van der Waals surface area contributed by atoms with E-state index in [1.165, 1.54) is 0 Å². The van der Waals surface area contributed by atoms with Gasteiger partial charge in [0.15, 0.2) is 0 Å². The van der Waals surface area contributed by atoms with Crippen molar-refractivity contribution in [3.63, 3.8) is 0 Å². The smallest absolute Gasteiger partial charge is 0.277 e. The van der Waals surface area contributed by atoms with E-state index in [9.17, 15) is 20.2 Å². The van der Waals surface area contributed by atoms with Crippen LogP contribution in [0.5, 0.6) is 0 Å². The largest absolute Gasteiger partial charge is 0.416 e. The Bertz CT molecular complexity index is 901. The van der Waals surface area contributed by atoms with Crippen LogP contribution in [-0.2, 0) is 0 Å². The zero-order chi connectivity index (χ0) is 17.3. The number of non-ortho nitro benzene ring substituents is 2. The van der Waals surface area contributed by atoms with Gasteiger partial charge < -0.3 is 4.42 Å². The summed E-state index contributed by atoms with van der Waals surface area (Å²) in [6.45, 7) is 1.94. The van der Waals surface area contributed by atoms with E-state index in [4.69, 9.17) is 4.42 Å². The molecular formula is C15H10N4O5. The van der Waals surface area contributed by atoms with Crippen LogP contribution in [0.1, 0.15) is 5.56 Å². The quantitative estimate of drug-likeness (QED) is 0.530. The molecule has 0 aliphatic heterocycles. The molecule has 0 unspecified atom stereocenters. The van der Waals surface area contributed by atoms with Gasteiger partial charge >= 0.3 is 0 Å². The average Bonchev–Trinajstić information content (AvgIpc) is 3.05. The molecule has 0 saturated heterocycles. The molecule has 0 N–H and O–H groups in total. The van der Waals surface area contributed by atoms with E-state index >= 15 is 0 Å². The first-order chi connectivity index (χ1) is 11.4. The highest BCUT2D eigenvalue weighted by molar-refractivity contribution is 5.64. The summed E-state index contributed by atoms with van der Waals surface area (Å²) in [6.07, 6.45) is 0. The van der Waals surface area contributed by atoms with E-state index in [0.717, 1.165) is 23.8 Å². The number of aryl methyl sites for hydroxylation is 1. The second kappa shape index (κ2) is 5.88. The van der Waals surface area contributed by atoms with Crippen LogP contribution in [0.15, 0.2) is 46.9 Å². The van der Waals surface area contributed by atoms with Crippen molar-refractivity contribution in [1.82, 2.24) is 10.2 Å². The normalized spacial score (nSPS) is 10.5. The number of nitro groups is 2. The summed E-state index contributed by atoms with van der Waals surface area (Å²) in [7, 11) is 0. The molecule has 3 rings (SSSR count). The van der Waals surface area contributed by atoms with Crippen LogP contribution in [0, 0.1) is 27.2 Å². The van der Waals surface area contributed by atoms with Gasteiger partial charge in [0.05, 0.1) is 21.5 Å². The summed E-state index contributed by atoms with van der Waals surface area (Å²) in [5.74, 6) is 0.191. The first kappa shape index (κ1) is 15.3. The molecule has 1 heterocycles. The van der Waals surface area contributed by atoms with E-state index in [-0.39, 0.29) is 17.3 Å². The molecule has 0 fully saturated rings. The molecule has 2 aromatic carbocycles. The Morgan fingerprint density at radius 1 is 0.833 bits per heavy atom. The topological polar surface area (TPSA) is 125 Å². The minimum atomic E-state index is -0.715. The second-order valence-electron chi connectivity index (χ2n) is 5.03. The van der Waals surface area contributed by atoms with Gasteiger partial charge in [-0.2, -0.15) is 0 Å². The molecule has 0 saturated carbocycles. The number of nitrogens with zero attached hydrogens (tertiary/aromatic N) is 4. The van der Waals surface area contributed by atoms with Crippen LogP contribution in [0.2, 0.25) is 0 Å². The van der Waals surface area contributed by atoms with E-state index in [2.05, 4.69) is 10.2 Å². The molecule has 3 aromatic rings. The number of aromatic nitrogens is 2. The Morgan fingerprint density at radius 3 is 1.83 bits per heavy atom. The molecule has 0 amide bonds. The summed E-state index contributed by atoms with van der Waals surface area (Å²) < 4.78 is 5.50. The monoisotopic (exact) mass is 326 g/mol. The lowest BCUT2D eigenvalue weighted by atomic mass is 10.1. The molecule has 9 nitrogen and oxygen atoms in total. The van der Waals surface area contributed by atoms with Crippen molar-refractivity contribution >= 4 is 11.4 Å². The van der Waals surface area contributed by atoms with Crippen molar-refractivity contribution in [1.29, 1.82) is 0 Å². The number of hydrogen-bond donors (Lipinski definition) is 0. The Kier molecular flexibility index (Phi) is 3.74. The van der Waals surface area contributed by atoms with Crippen molar-refractivity contribution in [3.05, 3.63) is 68.3 Å². The van der Waals surface area contributed by atoms with Gasteiger partial charge in [-0.05, 0) is 19.1 Å². The third kappa shape index (κ3) is 2.95. The van der Waals surface area contributed by atoms with Gasteiger partial charge in [0.25, 0.3) is 11.4 Å². The van der Waals surface area contributed by atoms with Gasteiger partial charge in [-0.1, -0.05) is 17.7 Å². The van der Waals surface area contributed by atoms with Crippen molar-refractivity contribution in [2.24, 2.45) is 0 Å². The van der Waals surface area contributed by atoms with E-state index in [1.807, 2.05) is 19.1 Å². The first-order valence-corrected chi connectivity index (χ1v) is 6.79. The fourth-order valence-electron chi connectivity index (χ4n) is 2.08. The standard InChI is InChI=1S/C15H10N4O5/c1-9-2-4-10(5-3-9)14-16-17-15(24-14)11-6-12(18(20)21)8-13(7-11)19(22)23/h2-8H,1H3. The molecule has 0 aliphatic carbocycles. The SMILES string of the molecule is Cc1ccc(-c2nnc(-c3cc([N+](=O)[O-])cc([N+](=O)[O-])c3)o2)cc1. The summed E-state index contributed by atoms with van der Waals surface area (Å²) in [4.78, 5) is 20.4. The van der Waals surface area contributed by atoms with Crippen molar-refractivity contribution in [2.45, 2.75) is 6.92 Å². The van der Waals surface area contributed by atoms with E-state index < -0.39 is 21.2 Å². The third-order valence-electron chi connectivity index (χ3n) is 3.29. The third-order valence-corrected chi connectivity index (χ3v) is 3.29. The summed E-state index contributed by atoms with van der Waals surface area (Å²) >= 11 is 0. The minimum absolute atomic E-state index is 0.0302. The average molecular weight is 326 g/mol. The Morgan fingerprint density at radius 2 is 1.33 bits per heavy atom. The van der Waals surface area contributed by atoms with Crippen molar-refractivity contribution < 1.29 is 14.3 Å². The first-order valence-electron chi connectivity index (χ1n) is 6.79. The summed E-state index contributed by atoms with van der Waals surface area (Å²) in [5, 5.41) is 29.6. The minimum Gasteiger partial charge on any atom is -0.416 e. The molecule has 0 atom stereocenters. The molecule has 1 aromatic heterocycles. The van der Waals surface area contributed by atoms with E-state index in [0.29, 0.717) is 5.56 Å². The lowest BCUT2D eigenvalue weighted by Crippen LogP contribution is -1.94. The van der Waals surface area contributed by atoms with Gasteiger partial charge in [0.1, 0.15) is 0 Å². The lowest BCUT2D eigenvalue weighted by Gasteiger charge is -1.98. The number of hydrogen-bond acceptors (Lipinski definition) is 7. The summed E-state index contributed by atoms with van der Waals surface area (Å²) in [5.41, 5.74) is 1.01. The van der Waals surface area contributed by atoms with Crippen LogP contribution in [-0.4, -0.2) is 20.0 Å². The molecule has 9 heteroatoms. The van der Waals surface area contributed by atoms with Gasteiger partial charge in [0.2, 0.25) is 11.8 Å². The van der Waals surface area contributed by atoms with Crippen LogP contribution in [0.25, 0.3) is 22.9 Å². The highest BCUT2D eigenvalue weighted by Crippen LogP contribution is 2.30. The molecule has 0 aliphatic rings. The van der Waals surface area contributed by atoms with Gasteiger partial charge in [-0.25, -0.2) is 0 Å². The van der Waals surface area contributed by atoms with Crippen LogP contribution in [0.3, 0.4) is 0 Å². The predicted molar refractivity (Wildman–Crippen MR) is 83.2 cm³/mol. The number of benzene rings is 2. The maximum absolute atomic E-state index is 10.9. The molecule has 0 bridgehead atoms. The van der Waals surface area contributed by atoms with Crippen LogP contribution >= 0.6 is 0 Å². The van der Waals surface area contributed by atoms with Gasteiger partial charge in [-0.15, -0.1) is 10.2 Å². The van der Waals surface area contributed by atoms with Crippen molar-refractivity contribution in [3.8, 4) is 22.9 Å². The molecule has 0 spiro atoms. The molecule has 0 radical (unpaired) electrons. The summed E-state index contributed by atoms with van der Waals surface area (Å²) in [6, 6.07) is 10.5. The van der Waals surface area contributed by atoms with Crippen molar-refractivity contribution in [2.75, 3.05) is 0 Å². The highest BCUT2D eigenvalue weighted by Gasteiger charge is 2.20. The zero-order valence-electron chi connectivity index (χ0n) is 12.4. The maximum atomic E-state index is 10.9. The Hall–Kier alpha value is -3.62.